The topological polar surface area (TPSA) is 124 Å². The molecule has 1 saturated heterocycles. The first kappa shape index (κ1) is 15.9. The van der Waals surface area contributed by atoms with E-state index < -0.39 is 28.1 Å². The molecule has 0 unspecified atom stereocenters. The number of aliphatic hydroxyl groups is 1. The minimum atomic E-state index is -4.03. The number of carboxylic acids is 1. The van der Waals surface area contributed by atoms with Gasteiger partial charge in [0.2, 0.25) is 15.9 Å². The van der Waals surface area contributed by atoms with E-state index in [4.69, 9.17) is 5.11 Å². The van der Waals surface area contributed by atoms with E-state index in [2.05, 4.69) is 5.32 Å². The Morgan fingerprint density at radius 2 is 2.04 bits per heavy atom. The van der Waals surface area contributed by atoms with Gasteiger partial charge in [-0.25, -0.2) is 8.42 Å². The number of aliphatic carboxylic acids is 1. The number of carboxylic acid groups (broad SMARTS) is 1. The largest absolute Gasteiger partial charge is 0.480 e. The Bertz CT molecular complexity index is 775. The molecule has 2 aliphatic heterocycles. The first-order chi connectivity index (χ1) is 10.8. The highest BCUT2D eigenvalue weighted by Gasteiger charge is 2.43. The summed E-state index contributed by atoms with van der Waals surface area (Å²) >= 11 is 0. The second-order valence-electron chi connectivity index (χ2n) is 5.69. The van der Waals surface area contributed by atoms with Gasteiger partial charge in [0, 0.05) is 25.1 Å². The Kier molecular flexibility index (Phi) is 3.86. The molecule has 0 bridgehead atoms. The molecule has 2 atom stereocenters. The van der Waals surface area contributed by atoms with E-state index in [1.54, 1.807) is 0 Å². The molecule has 1 aromatic carbocycles. The van der Waals surface area contributed by atoms with Gasteiger partial charge in [0.15, 0.2) is 0 Å². The number of nitrogens with one attached hydrogen (secondary N) is 1. The number of rotatable bonds is 3. The zero-order valence-corrected chi connectivity index (χ0v) is 12.9. The van der Waals surface area contributed by atoms with E-state index in [0.29, 0.717) is 17.7 Å². The van der Waals surface area contributed by atoms with Crippen LogP contribution in [0, 0.1) is 0 Å². The molecule has 0 radical (unpaired) electrons. The van der Waals surface area contributed by atoms with Gasteiger partial charge in [0.05, 0.1) is 11.0 Å². The fourth-order valence-corrected chi connectivity index (χ4v) is 4.61. The number of benzene rings is 1. The van der Waals surface area contributed by atoms with Crippen molar-refractivity contribution in [2.45, 2.75) is 36.3 Å². The quantitative estimate of drug-likeness (QED) is 0.699. The van der Waals surface area contributed by atoms with Crippen LogP contribution in [-0.4, -0.2) is 53.5 Å². The maximum absolute atomic E-state index is 12.7. The minimum absolute atomic E-state index is 0.0345. The van der Waals surface area contributed by atoms with Crippen LogP contribution in [0.3, 0.4) is 0 Å². The van der Waals surface area contributed by atoms with Crippen LogP contribution >= 0.6 is 0 Å². The van der Waals surface area contributed by atoms with E-state index in [-0.39, 0.29) is 30.2 Å². The zero-order chi connectivity index (χ0) is 16.8. The van der Waals surface area contributed by atoms with Crippen molar-refractivity contribution in [2.75, 3.05) is 11.9 Å². The minimum Gasteiger partial charge on any atom is -0.480 e. The van der Waals surface area contributed by atoms with Crippen molar-refractivity contribution in [3.8, 4) is 0 Å². The number of aryl methyl sites for hydroxylation is 1. The van der Waals surface area contributed by atoms with E-state index in [1.165, 1.54) is 18.2 Å². The lowest BCUT2D eigenvalue weighted by Crippen LogP contribution is -2.40. The Morgan fingerprint density at radius 3 is 2.74 bits per heavy atom. The molecule has 0 aromatic heterocycles. The maximum Gasteiger partial charge on any atom is 0.322 e. The summed E-state index contributed by atoms with van der Waals surface area (Å²) in [5.41, 5.74) is 1.26. The van der Waals surface area contributed by atoms with Crippen molar-refractivity contribution in [3.63, 3.8) is 0 Å². The van der Waals surface area contributed by atoms with E-state index in [0.717, 1.165) is 4.31 Å². The number of hydrogen-bond donors (Lipinski definition) is 3. The number of carbonyl (C=O) groups is 2. The second kappa shape index (κ2) is 5.59. The fourth-order valence-electron chi connectivity index (χ4n) is 2.93. The van der Waals surface area contributed by atoms with E-state index >= 15 is 0 Å². The van der Waals surface area contributed by atoms with Crippen molar-refractivity contribution in [2.24, 2.45) is 0 Å². The molecule has 124 valence electrons. The van der Waals surface area contributed by atoms with E-state index in [9.17, 15) is 23.1 Å². The molecule has 2 aliphatic rings. The molecule has 2 heterocycles. The average Bonchev–Trinajstić information content (AvgIpc) is 2.89. The van der Waals surface area contributed by atoms with Crippen molar-refractivity contribution in [1.82, 2.24) is 4.31 Å². The molecule has 1 fully saturated rings. The SMILES string of the molecule is O=C1CCc2cc(S(=O)(=O)N3C[C@@H](O)C[C@H]3C(=O)O)ccc2N1. The molecular formula is C14H16N2O6S. The number of sulfonamides is 1. The van der Waals surface area contributed by atoms with Gasteiger partial charge in [-0.1, -0.05) is 0 Å². The van der Waals surface area contributed by atoms with Crippen molar-refractivity contribution in [3.05, 3.63) is 23.8 Å². The van der Waals surface area contributed by atoms with Gasteiger partial charge < -0.3 is 15.5 Å². The number of carbonyl (C=O) groups excluding carboxylic acids is 1. The summed E-state index contributed by atoms with van der Waals surface area (Å²) in [6.45, 7) is -0.243. The lowest BCUT2D eigenvalue weighted by Gasteiger charge is -2.22. The molecule has 3 rings (SSSR count). The van der Waals surface area contributed by atoms with Gasteiger partial charge in [0.1, 0.15) is 6.04 Å². The van der Waals surface area contributed by atoms with Crippen LogP contribution in [0.15, 0.2) is 23.1 Å². The smallest absolute Gasteiger partial charge is 0.322 e. The average molecular weight is 340 g/mol. The fraction of sp³-hybridized carbons (Fsp3) is 0.429. The third kappa shape index (κ3) is 2.82. The van der Waals surface area contributed by atoms with Crippen molar-refractivity contribution >= 4 is 27.6 Å². The molecule has 9 heteroatoms. The Hall–Kier alpha value is -1.97. The molecule has 1 amide bonds. The third-order valence-electron chi connectivity index (χ3n) is 4.10. The lowest BCUT2D eigenvalue weighted by atomic mass is 10.0. The predicted molar refractivity (Wildman–Crippen MR) is 79.3 cm³/mol. The van der Waals surface area contributed by atoms with Gasteiger partial charge in [-0.15, -0.1) is 0 Å². The monoisotopic (exact) mass is 340 g/mol. The van der Waals surface area contributed by atoms with Gasteiger partial charge in [-0.3, -0.25) is 9.59 Å². The third-order valence-corrected chi connectivity index (χ3v) is 5.97. The molecular weight excluding hydrogens is 324 g/mol. The van der Waals surface area contributed by atoms with Crippen LogP contribution in [0.25, 0.3) is 0 Å². The molecule has 3 N–H and O–H groups in total. The van der Waals surface area contributed by atoms with Crippen molar-refractivity contribution in [1.29, 1.82) is 0 Å². The number of β-amino-alcohol motifs (C(OH)–C–C–N with tert-alkyl or cyclic N) is 1. The maximum atomic E-state index is 12.7. The Balaban J connectivity index is 1.97. The summed E-state index contributed by atoms with van der Waals surface area (Å²) in [7, 11) is -4.03. The molecule has 0 saturated carbocycles. The summed E-state index contributed by atoms with van der Waals surface area (Å²) in [6.07, 6.45) is -0.426. The summed E-state index contributed by atoms with van der Waals surface area (Å²) in [5, 5.41) is 21.5. The highest BCUT2D eigenvalue weighted by atomic mass is 32.2. The van der Waals surface area contributed by atoms with Crippen LogP contribution in [0.1, 0.15) is 18.4 Å². The van der Waals surface area contributed by atoms with Crippen LogP contribution in [0.5, 0.6) is 0 Å². The summed E-state index contributed by atoms with van der Waals surface area (Å²) in [6, 6.07) is 3.02. The molecule has 0 spiro atoms. The Labute approximate surface area is 132 Å². The van der Waals surface area contributed by atoms with Gasteiger partial charge in [-0.05, 0) is 30.2 Å². The van der Waals surface area contributed by atoms with Crippen LogP contribution in [-0.2, 0) is 26.0 Å². The van der Waals surface area contributed by atoms with Crippen molar-refractivity contribution < 1.29 is 28.2 Å². The second-order valence-corrected chi connectivity index (χ2v) is 7.58. The Morgan fingerprint density at radius 1 is 1.30 bits per heavy atom. The number of amides is 1. The summed E-state index contributed by atoms with van der Waals surface area (Å²) < 4.78 is 26.2. The number of aliphatic hydroxyl groups excluding tert-OH is 1. The van der Waals surface area contributed by atoms with E-state index in [1.807, 2.05) is 0 Å². The summed E-state index contributed by atoms with van der Waals surface area (Å²) in [4.78, 5) is 22.5. The highest BCUT2D eigenvalue weighted by molar-refractivity contribution is 7.89. The van der Waals surface area contributed by atoms with Crippen LogP contribution < -0.4 is 5.32 Å². The first-order valence-electron chi connectivity index (χ1n) is 7.14. The lowest BCUT2D eigenvalue weighted by molar-refractivity contribution is -0.140. The first-order valence-corrected chi connectivity index (χ1v) is 8.58. The number of fused-ring (bicyclic) bond motifs is 1. The summed E-state index contributed by atoms with van der Waals surface area (Å²) in [5.74, 6) is -1.41. The van der Waals surface area contributed by atoms with Crippen LogP contribution in [0.2, 0.25) is 0 Å². The zero-order valence-electron chi connectivity index (χ0n) is 12.1. The number of anilines is 1. The molecule has 23 heavy (non-hydrogen) atoms. The number of hydrogen-bond acceptors (Lipinski definition) is 5. The predicted octanol–water partition coefficient (Wildman–Crippen LogP) is -0.220. The molecule has 8 nitrogen and oxygen atoms in total. The van der Waals surface area contributed by atoms with Crippen LogP contribution in [0.4, 0.5) is 5.69 Å². The standard InChI is InChI=1S/C14H16N2O6S/c17-9-6-12(14(19)20)16(7-9)23(21,22)10-2-3-11-8(5-10)1-4-13(18)15-11/h2-3,5,9,12,17H,1,4,6-7H2,(H,15,18)(H,19,20)/t9-,12-/m0/s1. The van der Waals surface area contributed by atoms with Gasteiger partial charge >= 0.3 is 5.97 Å². The van der Waals surface area contributed by atoms with Gasteiger partial charge in [-0.2, -0.15) is 4.31 Å². The number of nitrogens with zero attached hydrogens (tertiary/aromatic N) is 1. The van der Waals surface area contributed by atoms with Gasteiger partial charge in [0.25, 0.3) is 0 Å². The normalized spacial score (nSPS) is 25.0. The highest BCUT2D eigenvalue weighted by Crippen LogP contribution is 2.30. The molecule has 1 aromatic rings. The molecule has 0 aliphatic carbocycles.